The van der Waals surface area contributed by atoms with Gasteiger partial charge in [-0.2, -0.15) is 0 Å². The third kappa shape index (κ3) is 5.24. The topological polar surface area (TPSA) is 90.9 Å². The predicted molar refractivity (Wildman–Crippen MR) is 122 cm³/mol. The summed E-state index contributed by atoms with van der Waals surface area (Å²) < 4.78 is 18.8. The lowest BCUT2D eigenvalue weighted by Gasteiger charge is -2.71. The molecular formula is C23H24Cl2FN3O4. The second kappa shape index (κ2) is 9.10. The Hall–Kier alpha value is -2.39. The van der Waals surface area contributed by atoms with Crippen LogP contribution in [-0.4, -0.2) is 59.3 Å². The maximum absolute atomic E-state index is 13.4. The molecule has 3 saturated carbocycles. The molecule has 1 atom stereocenters. The van der Waals surface area contributed by atoms with Crippen LogP contribution in [0.2, 0.25) is 10.0 Å². The van der Waals surface area contributed by atoms with Crippen LogP contribution in [-0.2, 0) is 4.79 Å². The number of halogens is 3. The number of nitrogens with zero attached hydrogens (tertiary/aromatic N) is 1. The van der Waals surface area contributed by atoms with Crippen molar-refractivity contribution in [1.29, 1.82) is 0 Å². The summed E-state index contributed by atoms with van der Waals surface area (Å²) in [5.74, 6) is -0.897. The van der Waals surface area contributed by atoms with Gasteiger partial charge in [0.1, 0.15) is 17.8 Å². The van der Waals surface area contributed by atoms with Gasteiger partial charge in [0.15, 0.2) is 6.61 Å². The van der Waals surface area contributed by atoms with Crippen LogP contribution < -0.4 is 15.4 Å². The lowest BCUT2D eigenvalue weighted by molar-refractivity contribution is -0.151. The molecule has 10 heteroatoms. The van der Waals surface area contributed by atoms with Crippen molar-refractivity contribution in [2.75, 3.05) is 20.2 Å². The van der Waals surface area contributed by atoms with E-state index in [-0.39, 0.29) is 46.8 Å². The second-order valence-electron chi connectivity index (χ2n) is 8.86. The van der Waals surface area contributed by atoms with E-state index in [0.29, 0.717) is 29.8 Å². The molecule has 2 aromatic carbocycles. The molecule has 1 unspecified atom stereocenters. The van der Waals surface area contributed by atoms with E-state index >= 15 is 0 Å². The van der Waals surface area contributed by atoms with Crippen LogP contribution in [0.25, 0.3) is 0 Å². The van der Waals surface area contributed by atoms with Gasteiger partial charge in [-0.05, 0) is 55.7 Å². The van der Waals surface area contributed by atoms with E-state index in [1.54, 1.807) is 31.3 Å². The first-order chi connectivity index (χ1) is 15.6. The highest BCUT2D eigenvalue weighted by Crippen LogP contribution is 2.60. The monoisotopic (exact) mass is 495 g/mol. The van der Waals surface area contributed by atoms with E-state index in [1.165, 1.54) is 17.0 Å². The van der Waals surface area contributed by atoms with Gasteiger partial charge in [-0.25, -0.2) is 4.39 Å². The maximum atomic E-state index is 13.4. The van der Waals surface area contributed by atoms with Gasteiger partial charge >= 0.3 is 0 Å². The lowest BCUT2D eigenvalue weighted by Crippen LogP contribution is -2.84. The van der Waals surface area contributed by atoms with Crippen LogP contribution in [0.4, 0.5) is 4.39 Å². The number of hydrogen-bond acceptors (Lipinski definition) is 5. The first kappa shape index (κ1) is 23.8. The number of aliphatic hydroxyl groups excluding tert-OH is 1. The van der Waals surface area contributed by atoms with E-state index < -0.39 is 12.0 Å². The predicted octanol–water partition coefficient (Wildman–Crippen LogP) is 2.98. The van der Waals surface area contributed by atoms with Gasteiger partial charge in [0.25, 0.3) is 11.8 Å². The van der Waals surface area contributed by atoms with Gasteiger partial charge in [0.05, 0.1) is 11.6 Å². The molecule has 0 aromatic heterocycles. The normalized spacial score (nSPS) is 23.7. The molecule has 0 saturated heterocycles. The summed E-state index contributed by atoms with van der Waals surface area (Å²) in [6.45, 7) is -0.114. The van der Waals surface area contributed by atoms with E-state index in [2.05, 4.69) is 10.6 Å². The zero-order chi connectivity index (χ0) is 23.8. The van der Waals surface area contributed by atoms with Crippen molar-refractivity contribution in [1.82, 2.24) is 15.5 Å². The number of benzene rings is 2. The fourth-order valence-corrected chi connectivity index (χ4v) is 4.92. The highest BCUT2D eigenvalue weighted by Gasteiger charge is 2.68. The highest BCUT2D eigenvalue weighted by atomic mass is 35.5. The first-order valence-corrected chi connectivity index (χ1v) is 11.2. The highest BCUT2D eigenvalue weighted by molar-refractivity contribution is 6.31. The quantitative estimate of drug-likeness (QED) is 0.465. The van der Waals surface area contributed by atoms with Gasteiger partial charge in [-0.1, -0.05) is 23.2 Å². The average Bonchev–Trinajstić information content (AvgIpc) is 2.72. The Labute approximate surface area is 200 Å². The van der Waals surface area contributed by atoms with Gasteiger partial charge in [0.2, 0.25) is 0 Å². The minimum atomic E-state index is -0.900. The fraction of sp³-hybridized carbons (Fsp3) is 0.391. The number of amides is 2. The summed E-state index contributed by atoms with van der Waals surface area (Å²) in [4.78, 5) is 26.2. The molecule has 2 amide bonds. The molecule has 3 N–H and O–H groups in total. The SMILES string of the molecule is CN(CC(O)NC12CC(NC(=O)COc3ccc(Cl)c(F)c3)(C1)C2)C(=O)c1ccc(Cl)cc1. The minimum Gasteiger partial charge on any atom is -0.484 e. The summed E-state index contributed by atoms with van der Waals surface area (Å²) in [7, 11) is 1.62. The Bertz CT molecular complexity index is 1050. The molecule has 33 heavy (non-hydrogen) atoms. The molecule has 3 aliphatic carbocycles. The van der Waals surface area contributed by atoms with Crippen molar-refractivity contribution in [3.05, 3.63) is 63.9 Å². The minimum absolute atomic E-state index is 0.0128. The number of likely N-dealkylation sites (N-methyl/N-ethyl adjacent to an activating group) is 1. The summed E-state index contributed by atoms with van der Waals surface area (Å²) >= 11 is 11.5. The Morgan fingerprint density at radius 3 is 2.45 bits per heavy atom. The first-order valence-electron chi connectivity index (χ1n) is 10.4. The number of rotatable bonds is 9. The zero-order valence-corrected chi connectivity index (χ0v) is 19.4. The summed E-state index contributed by atoms with van der Waals surface area (Å²) in [5.41, 5.74) is -0.0784. The van der Waals surface area contributed by atoms with E-state index in [1.807, 2.05) is 0 Å². The van der Waals surface area contributed by atoms with Gasteiger partial charge < -0.3 is 20.1 Å². The van der Waals surface area contributed by atoms with Crippen LogP contribution >= 0.6 is 23.2 Å². The van der Waals surface area contributed by atoms with E-state index in [9.17, 15) is 19.1 Å². The molecule has 2 bridgehead atoms. The third-order valence-electron chi connectivity index (χ3n) is 6.05. The fourth-order valence-electron chi connectivity index (χ4n) is 4.68. The largest absolute Gasteiger partial charge is 0.484 e. The van der Waals surface area contributed by atoms with Crippen LogP contribution in [0.1, 0.15) is 29.6 Å². The molecule has 176 valence electrons. The number of nitrogens with one attached hydrogen (secondary N) is 2. The zero-order valence-electron chi connectivity index (χ0n) is 17.9. The Balaban J connectivity index is 1.19. The van der Waals surface area contributed by atoms with Gasteiger partial charge in [0, 0.05) is 34.8 Å². The van der Waals surface area contributed by atoms with Crippen LogP contribution in [0.15, 0.2) is 42.5 Å². The molecule has 0 aliphatic heterocycles. The van der Waals surface area contributed by atoms with Crippen LogP contribution in [0.5, 0.6) is 5.75 Å². The number of carbonyl (C=O) groups is 2. The molecular weight excluding hydrogens is 472 g/mol. The summed E-state index contributed by atoms with van der Waals surface area (Å²) in [6.07, 6.45) is 1.12. The maximum Gasteiger partial charge on any atom is 0.258 e. The smallest absolute Gasteiger partial charge is 0.258 e. The summed E-state index contributed by atoms with van der Waals surface area (Å²) in [5, 5.41) is 17.1. The number of ether oxygens (including phenoxy) is 1. The van der Waals surface area contributed by atoms with Crippen molar-refractivity contribution in [3.63, 3.8) is 0 Å². The molecule has 3 fully saturated rings. The molecule has 0 spiro atoms. The Morgan fingerprint density at radius 2 is 1.82 bits per heavy atom. The standard InChI is InChI=1S/C23H24Cl2FN3O4/c1-29(21(32)14-2-4-15(24)5-3-14)9-19(30)27-22-11-23(12-22,13-22)28-20(31)10-33-16-6-7-17(25)18(26)8-16/h2-8,19,27,30H,9-13H2,1H3,(H,28,31). The average molecular weight is 496 g/mol. The van der Waals surface area contributed by atoms with Crippen molar-refractivity contribution in [3.8, 4) is 5.75 Å². The third-order valence-corrected chi connectivity index (χ3v) is 6.61. The molecule has 3 aliphatic rings. The van der Waals surface area contributed by atoms with Gasteiger partial charge in [-0.15, -0.1) is 0 Å². The summed E-state index contributed by atoms with van der Waals surface area (Å²) in [6, 6.07) is 10.6. The number of aliphatic hydroxyl groups is 1. The lowest BCUT2D eigenvalue weighted by atomic mass is 9.44. The van der Waals surface area contributed by atoms with Crippen LogP contribution in [0, 0.1) is 5.82 Å². The van der Waals surface area contributed by atoms with Crippen molar-refractivity contribution < 1.29 is 23.8 Å². The van der Waals surface area contributed by atoms with Crippen molar-refractivity contribution in [2.45, 2.75) is 36.6 Å². The Kier molecular flexibility index (Phi) is 6.55. The molecule has 7 nitrogen and oxygen atoms in total. The van der Waals surface area contributed by atoms with Crippen molar-refractivity contribution in [2.24, 2.45) is 0 Å². The van der Waals surface area contributed by atoms with E-state index in [0.717, 1.165) is 6.07 Å². The molecule has 0 heterocycles. The molecule has 0 radical (unpaired) electrons. The number of hydrogen-bond donors (Lipinski definition) is 3. The van der Waals surface area contributed by atoms with Crippen molar-refractivity contribution >= 4 is 35.0 Å². The second-order valence-corrected chi connectivity index (χ2v) is 9.70. The van der Waals surface area contributed by atoms with Gasteiger partial charge in [-0.3, -0.25) is 14.9 Å². The number of carbonyl (C=O) groups excluding carboxylic acids is 2. The van der Waals surface area contributed by atoms with Crippen LogP contribution in [0.3, 0.4) is 0 Å². The molecule has 5 rings (SSSR count). The Morgan fingerprint density at radius 1 is 1.15 bits per heavy atom. The van der Waals surface area contributed by atoms with E-state index in [4.69, 9.17) is 27.9 Å². The molecule has 2 aromatic rings.